The zero-order chi connectivity index (χ0) is 12.5. The first kappa shape index (κ1) is 13.6. The number of hydrogen-bond acceptors (Lipinski definition) is 5. The van der Waals surface area contributed by atoms with E-state index in [2.05, 4.69) is 4.90 Å². The lowest BCUT2D eigenvalue weighted by Gasteiger charge is -2.35. The molecule has 1 saturated heterocycles. The highest BCUT2D eigenvalue weighted by Crippen LogP contribution is 2.28. The molecule has 0 radical (unpaired) electrons. The van der Waals surface area contributed by atoms with E-state index in [-0.39, 0.29) is 5.37 Å². The molecule has 1 aliphatic carbocycles. The van der Waals surface area contributed by atoms with E-state index in [1.807, 2.05) is 0 Å². The molecule has 0 aromatic rings. The van der Waals surface area contributed by atoms with Crippen LogP contribution in [0.1, 0.15) is 19.3 Å². The van der Waals surface area contributed by atoms with Crippen molar-refractivity contribution in [3.05, 3.63) is 0 Å². The number of nitrogens with zero attached hydrogens (tertiary/aromatic N) is 1. The molecule has 1 heterocycles. The Morgan fingerprint density at radius 3 is 2.76 bits per heavy atom. The van der Waals surface area contributed by atoms with Gasteiger partial charge in [0.05, 0.1) is 0 Å². The Balaban J connectivity index is 1.97. The summed E-state index contributed by atoms with van der Waals surface area (Å²) in [6, 6.07) is 0.329. The normalized spacial score (nSPS) is 36.2. The molecule has 0 aromatic carbocycles. The third-order valence-electron chi connectivity index (χ3n) is 3.76. The van der Waals surface area contributed by atoms with E-state index in [0.717, 1.165) is 43.9 Å². The average molecular weight is 278 g/mol. The highest BCUT2D eigenvalue weighted by molar-refractivity contribution is 8.00. The molecule has 3 atom stereocenters. The molecule has 0 amide bonds. The Hall–Kier alpha value is 0.220. The third kappa shape index (κ3) is 3.59. The maximum absolute atomic E-state index is 11.8. The van der Waals surface area contributed by atoms with Gasteiger partial charge in [-0.2, -0.15) is 11.8 Å². The molecule has 0 bridgehead atoms. The van der Waals surface area contributed by atoms with Crippen molar-refractivity contribution in [2.75, 3.05) is 30.9 Å². The van der Waals surface area contributed by atoms with E-state index in [1.165, 1.54) is 6.26 Å². The Bertz CT molecular complexity index is 358. The highest BCUT2D eigenvalue weighted by atomic mass is 32.2. The van der Waals surface area contributed by atoms with Crippen molar-refractivity contribution in [2.24, 2.45) is 11.7 Å². The number of thioether (sulfide) groups is 1. The molecule has 1 saturated carbocycles. The zero-order valence-corrected chi connectivity index (χ0v) is 12.0. The van der Waals surface area contributed by atoms with E-state index >= 15 is 0 Å². The molecule has 17 heavy (non-hydrogen) atoms. The predicted octanol–water partition coefficient (Wildman–Crippen LogP) is 0.533. The second-order valence-corrected chi connectivity index (χ2v) is 8.65. The summed E-state index contributed by atoms with van der Waals surface area (Å²) in [7, 11) is -2.96. The molecule has 1 aliphatic heterocycles. The Kier molecular flexibility index (Phi) is 4.39. The van der Waals surface area contributed by atoms with Gasteiger partial charge in [0.25, 0.3) is 0 Å². The highest BCUT2D eigenvalue weighted by Gasteiger charge is 2.33. The number of sulfone groups is 1. The lowest BCUT2D eigenvalue weighted by molar-refractivity contribution is 0.228. The zero-order valence-electron chi connectivity index (χ0n) is 10.3. The minimum Gasteiger partial charge on any atom is -0.328 e. The minimum atomic E-state index is -2.96. The molecular formula is C11H22N2O2S2. The molecule has 6 heteroatoms. The van der Waals surface area contributed by atoms with Gasteiger partial charge in [-0.15, -0.1) is 0 Å². The number of rotatable bonds is 3. The van der Waals surface area contributed by atoms with Gasteiger partial charge in [0.15, 0.2) is 9.84 Å². The van der Waals surface area contributed by atoms with Gasteiger partial charge in [0.2, 0.25) is 0 Å². The van der Waals surface area contributed by atoms with Crippen LogP contribution in [0.4, 0.5) is 0 Å². The fraction of sp³-hybridized carbons (Fsp3) is 1.00. The molecule has 0 aromatic heterocycles. The number of nitrogens with two attached hydrogens (primary N) is 1. The van der Waals surface area contributed by atoms with Crippen molar-refractivity contribution < 1.29 is 8.42 Å². The quantitative estimate of drug-likeness (QED) is 0.816. The van der Waals surface area contributed by atoms with Crippen LogP contribution in [0.5, 0.6) is 0 Å². The van der Waals surface area contributed by atoms with Crippen LogP contribution in [0.15, 0.2) is 0 Å². The first-order valence-corrected chi connectivity index (χ1v) is 9.34. The Morgan fingerprint density at radius 2 is 2.18 bits per heavy atom. The summed E-state index contributed by atoms with van der Waals surface area (Å²) in [4.78, 5) is 2.16. The van der Waals surface area contributed by atoms with Crippen LogP contribution in [-0.2, 0) is 9.84 Å². The Morgan fingerprint density at radius 1 is 1.41 bits per heavy atom. The number of hydrogen-bond donors (Lipinski definition) is 1. The van der Waals surface area contributed by atoms with Crippen molar-refractivity contribution in [3.63, 3.8) is 0 Å². The lowest BCUT2D eigenvalue weighted by Crippen LogP contribution is -2.48. The van der Waals surface area contributed by atoms with E-state index < -0.39 is 9.84 Å². The summed E-state index contributed by atoms with van der Waals surface area (Å²) in [5, 5.41) is -0.280. The standard InChI is InChI=1S/C11H22N2O2S2/c1-17(14,15)11-8-16-5-4-13(11)7-9-2-3-10(12)6-9/h9-11H,2-8,12H2,1H3. The summed E-state index contributed by atoms with van der Waals surface area (Å²) < 4.78 is 23.5. The van der Waals surface area contributed by atoms with Crippen LogP contribution in [0.25, 0.3) is 0 Å². The first-order valence-electron chi connectivity index (χ1n) is 6.23. The van der Waals surface area contributed by atoms with Gasteiger partial charge in [-0.3, -0.25) is 4.90 Å². The smallest absolute Gasteiger partial charge is 0.164 e. The van der Waals surface area contributed by atoms with Gasteiger partial charge in [0, 0.05) is 36.9 Å². The summed E-state index contributed by atoms with van der Waals surface area (Å²) >= 11 is 1.75. The second kappa shape index (κ2) is 5.47. The average Bonchev–Trinajstić information content (AvgIpc) is 2.63. The van der Waals surface area contributed by atoms with Crippen molar-refractivity contribution in [1.29, 1.82) is 0 Å². The SMILES string of the molecule is CS(=O)(=O)C1CSCCN1CC1CCC(N)C1. The molecule has 4 nitrogen and oxygen atoms in total. The van der Waals surface area contributed by atoms with E-state index in [0.29, 0.717) is 12.0 Å². The third-order valence-corrected chi connectivity index (χ3v) is 6.45. The second-order valence-electron chi connectivity index (χ2n) is 5.29. The molecule has 0 spiro atoms. The molecule has 2 aliphatic rings. The van der Waals surface area contributed by atoms with Crippen molar-refractivity contribution in [3.8, 4) is 0 Å². The fourth-order valence-corrected chi connectivity index (χ4v) is 5.78. The summed E-state index contributed by atoms with van der Waals surface area (Å²) in [5.74, 6) is 2.36. The van der Waals surface area contributed by atoms with Gasteiger partial charge in [0.1, 0.15) is 5.37 Å². The van der Waals surface area contributed by atoms with Crippen LogP contribution >= 0.6 is 11.8 Å². The molecule has 2 N–H and O–H groups in total. The molecule has 2 fully saturated rings. The fourth-order valence-electron chi connectivity index (χ4n) is 2.83. The van der Waals surface area contributed by atoms with Crippen LogP contribution in [0.2, 0.25) is 0 Å². The largest absolute Gasteiger partial charge is 0.328 e. The van der Waals surface area contributed by atoms with Crippen molar-refractivity contribution in [2.45, 2.75) is 30.7 Å². The maximum Gasteiger partial charge on any atom is 0.164 e. The van der Waals surface area contributed by atoms with Crippen LogP contribution in [-0.4, -0.2) is 55.6 Å². The van der Waals surface area contributed by atoms with Gasteiger partial charge < -0.3 is 5.73 Å². The van der Waals surface area contributed by atoms with Gasteiger partial charge in [-0.05, 0) is 25.2 Å². The Labute approximate surface area is 108 Å². The van der Waals surface area contributed by atoms with Crippen molar-refractivity contribution in [1.82, 2.24) is 4.90 Å². The van der Waals surface area contributed by atoms with Gasteiger partial charge in [-0.1, -0.05) is 0 Å². The van der Waals surface area contributed by atoms with E-state index in [1.54, 1.807) is 11.8 Å². The van der Waals surface area contributed by atoms with E-state index in [4.69, 9.17) is 5.73 Å². The van der Waals surface area contributed by atoms with Crippen LogP contribution < -0.4 is 5.73 Å². The minimum absolute atomic E-state index is 0.280. The van der Waals surface area contributed by atoms with E-state index in [9.17, 15) is 8.42 Å². The van der Waals surface area contributed by atoms with Gasteiger partial charge >= 0.3 is 0 Å². The predicted molar refractivity (Wildman–Crippen MR) is 72.8 cm³/mol. The van der Waals surface area contributed by atoms with Crippen molar-refractivity contribution >= 4 is 21.6 Å². The summed E-state index contributed by atoms with van der Waals surface area (Å²) in [5.41, 5.74) is 5.91. The first-order chi connectivity index (χ1) is 7.97. The molecular weight excluding hydrogens is 256 g/mol. The van der Waals surface area contributed by atoms with Crippen LogP contribution in [0, 0.1) is 5.92 Å². The monoisotopic (exact) mass is 278 g/mol. The van der Waals surface area contributed by atoms with Crippen LogP contribution in [0.3, 0.4) is 0 Å². The molecule has 100 valence electrons. The summed E-state index contributed by atoms with van der Waals surface area (Å²) in [6.07, 6.45) is 4.66. The topological polar surface area (TPSA) is 63.4 Å². The summed E-state index contributed by atoms with van der Waals surface area (Å²) in [6.45, 7) is 1.81. The van der Waals surface area contributed by atoms with Gasteiger partial charge in [-0.25, -0.2) is 8.42 Å². The molecule has 3 unspecified atom stereocenters. The lowest BCUT2D eigenvalue weighted by atomic mass is 10.1. The molecule has 2 rings (SSSR count). The maximum atomic E-state index is 11.8.